The van der Waals surface area contributed by atoms with Crippen LogP contribution in [0.4, 0.5) is 13.2 Å². The van der Waals surface area contributed by atoms with Gasteiger partial charge in [-0.1, -0.05) is 0 Å². The van der Waals surface area contributed by atoms with E-state index < -0.39 is 48.5 Å². The number of hydrogen-bond donors (Lipinski definition) is 2. The van der Waals surface area contributed by atoms with Crippen LogP contribution in [0.3, 0.4) is 0 Å². The second kappa shape index (κ2) is 10.0. The van der Waals surface area contributed by atoms with Crippen molar-refractivity contribution in [2.75, 3.05) is 7.11 Å². The predicted octanol–water partition coefficient (Wildman–Crippen LogP) is 1.39. The molecule has 0 aromatic carbocycles. The van der Waals surface area contributed by atoms with Gasteiger partial charge in [-0.3, -0.25) is 9.59 Å². The molecule has 138 valence electrons. The van der Waals surface area contributed by atoms with Gasteiger partial charge in [-0.15, -0.1) is 0 Å². The van der Waals surface area contributed by atoms with Crippen LogP contribution >= 0.6 is 0 Å². The third kappa shape index (κ3) is 9.23. The SMILES string of the molecule is CO[C@H](C)C(=O)N[C@@H](CCC(=O)C=N)C(=O)O[C@@H](C)CC(F)(F)F. The van der Waals surface area contributed by atoms with E-state index in [4.69, 9.17) is 10.1 Å². The van der Waals surface area contributed by atoms with Gasteiger partial charge in [-0.05, 0) is 20.3 Å². The Balaban J connectivity index is 4.88. The van der Waals surface area contributed by atoms with E-state index in [1.165, 1.54) is 14.0 Å². The molecule has 0 fully saturated rings. The molecule has 0 unspecified atom stereocenters. The Kier molecular flexibility index (Phi) is 9.19. The van der Waals surface area contributed by atoms with E-state index in [0.717, 1.165) is 6.92 Å². The normalized spacial score (nSPS) is 15.1. The molecule has 10 heteroatoms. The number of ether oxygens (including phenoxy) is 2. The van der Waals surface area contributed by atoms with Crippen molar-refractivity contribution >= 4 is 23.9 Å². The van der Waals surface area contributed by atoms with Crippen LogP contribution < -0.4 is 5.32 Å². The molecule has 3 atom stereocenters. The molecule has 1 amide bonds. The summed E-state index contributed by atoms with van der Waals surface area (Å²) in [6, 6.07) is -1.31. The van der Waals surface area contributed by atoms with Crippen LogP contribution in [0.5, 0.6) is 0 Å². The Morgan fingerprint density at radius 2 is 1.83 bits per heavy atom. The summed E-state index contributed by atoms with van der Waals surface area (Å²) in [4.78, 5) is 34.9. The van der Waals surface area contributed by atoms with Crippen molar-refractivity contribution < 1.29 is 37.0 Å². The highest BCUT2D eigenvalue weighted by Gasteiger charge is 2.33. The van der Waals surface area contributed by atoms with Crippen LogP contribution in [-0.4, -0.2) is 55.4 Å². The molecule has 0 heterocycles. The molecular formula is C14H21F3N2O5. The highest BCUT2D eigenvalue weighted by atomic mass is 19.4. The lowest BCUT2D eigenvalue weighted by Gasteiger charge is -2.22. The Bertz CT molecular complexity index is 468. The number of alkyl halides is 3. The quantitative estimate of drug-likeness (QED) is 0.456. The lowest BCUT2D eigenvalue weighted by Crippen LogP contribution is -2.47. The minimum absolute atomic E-state index is 0.200. The number of carbonyl (C=O) groups excluding carboxylic acids is 3. The maximum Gasteiger partial charge on any atom is 0.392 e. The number of ketones is 1. The number of carbonyl (C=O) groups is 3. The Morgan fingerprint density at radius 1 is 1.25 bits per heavy atom. The van der Waals surface area contributed by atoms with Gasteiger partial charge in [0, 0.05) is 13.5 Å². The molecule has 0 rings (SSSR count). The van der Waals surface area contributed by atoms with Gasteiger partial charge in [0.2, 0.25) is 5.91 Å². The smallest absolute Gasteiger partial charge is 0.392 e. The largest absolute Gasteiger partial charge is 0.461 e. The Labute approximate surface area is 137 Å². The highest BCUT2D eigenvalue weighted by Crippen LogP contribution is 2.23. The molecule has 0 aromatic heterocycles. The Morgan fingerprint density at radius 3 is 2.29 bits per heavy atom. The minimum Gasteiger partial charge on any atom is -0.461 e. The van der Waals surface area contributed by atoms with Crippen molar-refractivity contribution in [1.82, 2.24) is 5.32 Å². The third-order valence-electron chi connectivity index (χ3n) is 3.00. The van der Waals surface area contributed by atoms with Crippen LogP contribution in [0.1, 0.15) is 33.1 Å². The van der Waals surface area contributed by atoms with Gasteiger partial charge in [-0.2, -0.15) is 13.2 Å². The van der Waals surface area contributed by atoms with Gasteiger partial charge < -0.3 is 20.2 Å². The third-order valence-corrected chi connectivity index (χ3v) is 3.00. The number of halogens is 3. The first-order valence-electron chi connectivity index (χ1n) is 7.13. The van der Waals surface area contributed by atoms with Crippen molar-refractivity contribution in [3.63, 3.8) is 0 Å². The number of esters is 1. The zero-order chi connectivity index (χ0) is 18.9. The van der Waals surface area contributed by atoms with Crippen LogP contribution in [0.25, 0.3) is 0 Å². The zero-order valence-corrected chi connectivity index (χ0v) is 13.6. The van der Waals surface area contributed by atoms with Crippen molar-refractivity contribution in [2.45, 2.75) is 57.5 Å². The molecule has 0 aliphatic rings. The van der Waals surface area contributed by atoms with E-state index >= 15 is 0 Å². The van der Waals surface area contributed by atoms with Crippen molar-refractivity contribution in [3.05, 3.63) is 0 Å². The van der Waals surface area contributed by atoms with Crippen LogP contribution in [0, 0.1) is 5.41 Å². The first kappa shape index (κ1) is 22.0. The molecule has 0 radical (unpaired) electrons. The van der Waals surface area contributed by atoms with E-state index in [1.54, 1.807) is 0 Å². The van der Waals surface area contributed by atoms with Gasteiger partial charge in [0.1, 0.15) is 18.2 Å². The Hall–Kier alpha value is -1.97. The monoisotopic (exact) mass is 354 g/mol. The summed E-state index contributed by atoms with van der Waals surface area (Å²) in [5.74, 6) is -2.35. The summed E-state index contributed by atoms with van der Waals surface area (Å²) >= 11 is 0. The standard InChI is InChI=1S/C14H21F3N2O5/c1-8(6-14(15,16)17)24-13(22)11(5-4-10(20)7-18)19-12(21)9(2)23-3/h7-9,11,18H,4-6H2,1-3H3,(H,19,21)/t8-,9+,11-/m0/s1. The average molecular weight is 354 g/mol. The van der Waals surface area contributed by atoms with E-state index in [1.807, 2.05) is 0 Å². The summed E-state index contributed by atoms with van der Waals surface area (Å²) in [6.07, 6.45) is -8.05. The number of hydrogen-bond acceptors (Lipinski definition) is 6. The minimum atomic E-state index is -4.50. The molecule has 7 nitrogen and oxygen atoms in total. The van der Waals surface area contributed by atoms with Gasteiger partial charge in [0.15, 0.2) is 5.78 Å². The molecule has 0 aliphatic heterocycles. The van der Waals surface area contributed by atoms with Crippen LogP contribution in [0.2, 0.25) is 0 Å². The first-order chi connectivity index (χ1) is 11.0. The van der Waals surface area contributed by atoms with E-state index in [0.29, 0.717) is 6.21 Å². The van der Waals surface area contributed by atoms with E-state index in [2.05, 4.69) is 10.1 Å². The zero-order valence-electron chi connectivity index (χ0n) is 13.6. The van der Waals surface area contributed by atoms with E-state index in [9.17, 15) is 27.6 Å². The van der Waals surface area contributed by atoms with Gasteiger partial charge in [0.25, 0.3) is 0 Å². The fourth-order valence-electron chi connectivity index (χ4n) is 1.65. The summed E-state index contributed by atoms with van der Waals surface area (Å²) in [7, 11) is 1.27. The van der Waals surface area contributed by atoms with Gasteiger partial charge >= 0.3 is 12.1 Å². The van der Waals surface area contributed by atoms with E-state index in [-0.39, 0.29) is 12.8 Å². The van der Waals surface area contributed by atoms with Crippen molar-refractivity contribution in [2.24, 2.45) is 0 Å². The summed E-state index contributed by atoms with van der Waals surface area (Å²) in [5, 5.41) is 9.06. The molecule has 0 bridgehead atoms. The second-order valence-corrected chi connectivity index (χ2v) is 5.16. The van der Waals surface area contributed by atoms with Gasteiger partial charge in [0.05, 0.1) is 12.6 Å². The lowest BCUT2D eigenvalue weighted by molar-refractivity contribution is -0.172. The number of nitrogens with one attached hydrogen (secondary N) is 2. The molecule has 0 spiro atoms. The van der Waals surface area contributed by atoms with Crippen molar-refractivity contribution in [3.8, 4) is 0 Å². The predicted molar refractivity (Wildman–Crippen MR) is 77.7 cm³/mol. The molecule has 0 saturated heterocycles. The average Bonchev–Trinajstić information content (AvgIpc) is 2.47. The molecule has 0 aromatic rings. The maximum atomic E-state index is 12.3. The molecule has 0 saturated carbocycles. The van der Waals surface area contributed by atoms with Crippen LogP contribution in [-0.2, 0) is 23.9 Å². The maximum absolute atomic E-state index is 12.3. The lowest BCUT2D eigenvalue weighted by atomic mass is 10.1. The molecule has 2 N–H and O–H groups in total. The van der Waals surface area contributed by atoms with Crippen LogP contribution in [0.15, 0.2) is 0 Å². The first-order valence-corrected chi connectivity index (χ1v) is 7.13. The molecule has 0 aliphatic carbocycles. The summed E-state index contributed by atoms with van der Waals surface area (Å²) in [5.41, 5.74) is 0. The number of rotatable bonds is 10. The molecular weight excluding hydrogens is 333 g/mol. The number of Topliss-reactive ketones (excluding diaryl/α,β-unsaturated/α-hetero) is 1. The number of methoxy groups -OCH3 is 1. The van der Waals surface area contributed by atoms with Gasteiger partial charge in [-0.25, -0.2) is 4.79 Å². The highest BCUT2D eigenvalue weighted by molar-refractivity contribution is 6.26. The second-order valence-electron chi connectivity index (χ2n) is 5.16. The molecule has 24 heavy (non-hydrogen) atoms. The fourth-order valence-corrected chi connectivity index (χ4v) is 1.65. The number of amides is 1. The summed E-state index contributed by atoms with van der Waals surface area (Å²) in [6.45, 7) is 2.48. The summed E-state index contributed by atoms with van der Waals surface area (Å²) < 4.78 is 46.3. The van der Waals surface area contributed by atoms with Crippen molar-refractivity contribution in [1.29, 1.82) is 5.41 Å². The fraction of sp³-hybridized carbons (Fsp3) is 0.714. The topological polar surface area (TPSA) is 106 Å².